The molecule has 1 aliphatic heterocycles. The Morgan fingerprint density at radius 2 is 0.933 bits per heavy atom. The van der Waals surface area contributed by atoms with E-state index in [2.05, 4.69) is 0 Å². The third-order valence-corrected chi connectivity index (χ3v) is 2.27. The van der Waals surface area contributed by atoms with Crippen molar-refractivity contribution in [3.8, 4) is 0 Å². The molecule has 0 spiro atoms. The van der Waals surface area contributed by atoms with Gasteiger partial charge in [-0.1, -0.05) is 0 Å². The standard InChI is InChI=1S/C11H22O4/c1-9(2)7-8-10(3,4)13-15-11(5,6)14-12-9/h7-8H2,1-6H3. The second kappa shape index (κ2) is 4.01. The summed E-state index contributed by atoms with van der Waals surface area (Å²) >= 11 is 0. The zero-order chi connectivity index (χ0) is 11.7. The molecule has 1 rings (SSSR count). The van der Waals surface area contributed by atoms with Crippen molar-refractivity contribution in [2.24, 2.45) is 0 Å². The SMILES string of the molecule is CC1(C)CCC(C)(C)OOC(C)(C)OO1. The molecule has 1 heterocycles. The lowest BCUT2D eigenvalue weighted by Gasteiger charge is -2.27. The van der Waals surface area contributed by atoms with Crippen LogP contribution < -0.4 is 0 Å². The fourth-order valence-corrected chi connectivity index (χ4v) is 1.13. The van der Waals surface area contributed by atoms with Crippen molar-refractivity contribution in [1.82, 2.24) is 0 Å². The second-order valence-electron chi connectivity index (χ2n) is 5.75. The quantitative estimate of drug-likeness (QED) is 0.586. The minimum absolute atomic E-state index is 0.328. The largest absolute Gasteiger partial charge is 0.228 e. The summed E-state index contributed by atoms with van der Waals surface area (Å²) in [5, 5.41) is 0. The molecule has 1 saturated heterocycles. The van der Waals surface area contributed by atoms with Crippen molar-refractivity contribution in [2.45, 2.75) is 71.4 Å². The monoisotopic (exact) mass is 218 g/mol. The molecule has 4 nitrogen and oxygen atoms in total. The van der Waals surface area contributed by atoms with Gasteiger partial charge in [-0.05, 0) is 54.4 Å². The summed E-state index contributed by atoms with van der Waals surface area (Å²) in [5.74, 6) is -0.890. The average Bonchev–Trinajstić information content (AvgIpc) is 2.12. The molecule has 0 aromatic rings. The number of rotatable bonds is 0. The molecule has 0 aliphatic carbocycles. The van der Waals surface area contributed by atoms with Gasteiger partial charge >= 0.3 is 0 Å². The number of hydrogen-bond donors (Lipinski definition) is 0. The molecule has 0 unspecified atom stereocenters. The van der Waals surface area contributed by atoms with E-state index in [1.165, 1.54) is 0 Å². The highest BCUT2D eigenvalue weighted by Crippen LogP contribution is 2.30. The molecule has 0 saturated carbocycles. The summed E-state index contributed by atoms with van der Waals surface area (Å²) in [4.78, 5) is 21.1. The van der Waals surface area contributed by atoms with Crippen LogP contribution in [0.2, 0.25) is 0 Å². The maximum Gasteiger partial charge on any atom is 0.228 e. The fourth-order valence-electron chi connectivity index (χ4n) is 1.13. The van der Waals surface area contributed by atoms with Crippen LogP contribution in [0.3, 0.4) is 0 Å². The van der Waals surface area contributed by atoms with E-state index in [9.17, 15) is 0 Å². The zero-order valence-electron chi connectivity index (χ0n) is 10.5. The van der Waals surface area contributed by atoms with Gasteiger partial charge in [0.05, 0.1) is 11.2 Å². The topological polar surface area (TPSA) is 36.9 Å². The molecule has 15 heavy (non-hydrogen) atoms. The Labute approximate surface area is 91.7 Å². The van der Waals surface area contributed by atoms with Gasteiger partial charge < -0.3 is 0 Å². The van der Waals surface area contributed by atoms with Crippen molar-refractivity contribution < 1.29 is 19.6 Å². The first-order valence-corrected chi connectivity index (χ1v) is 5.36. The van der Waals surface area contributed by atoms with Crippen molar-refractivity contribution in [3.63, 3.8) is 0 Å². The first-order chi connectivity index (χ1) is 6.62. The van der Waals surface area contributed by atoms with Gasteiger partial charge in [-0.2, -0.15) is 9.78 Å². The molecule has 0 aromatic carbocycles. The lowest BCUT2D eigenvalue weighted by molar-refractivity contribution is -0.526. The maximum atomic E-state index is 5.35. The van der Waals surface area contributed by atoms with Crippen molar-refractivity contribution in [2.75, 3.05) is 0 Å². The van der Waals surface area contributed by atoms with Gasteiger partial charge in [-0.3, -0.25) is 0 Å². The molecule has 4 heteroatoms. The Morgan fingerprint density at radius 3 is 1.27 bits per heavy atom. The van der Waals surface area contributed by atoms with Crippen LogP contribution in [-0.2, 0) is 19.6 Å². The second-order valence-corrected chi connectivity index (χ2v) is 5.75. The third-order valence-electron chi connectivity index (χ3n) is 2.27. The summed E-state index contributed by atoms with van der Waals surface area (Å²) in [6.07, 6.45) is 1.69. The van der Waals surface area contributed by atoms with Gasteiger partial charge in [0.15, 0.2) is 0 Å². The molecule has 1 fully saturated rings. The Hall–Kier alpha value is -0.160. The van der Waals surface area contributed by atoms with E-state index in [0.717, 1.165) is 12.8 Å². The van der Waals surface area contributed by atoms with E-state index >= 15 is 0 Å². The first-order valence-electron chi connectivity index (χ1n) is 5.36. The van der Waals surface area contributed by atoms with E-state index in [0.29, 0.717) is 0 Å². The Bertz CT molecular complexity index is 165. The highest BCUT2D eigenvalue weighted by Gasteiger charge is 2.35. The van der Waals surface area contributed by atoms with Crippen LogP contribution >= 0.6 is 0 Å². The highest BCUT2D eigenvalue weighted by molar-refractivity contribution is 4.75. The molecule has 0 bridgehead atoms. The lowest BCUT2D eigenvalue weighted by Crippen LogP contribution is -2.34. The highest BCUT2D eigenvalue weighted by atomic mass is 17.3. The molecule has 1 aliphatic rings. The molecule has 0 N–H and O–H groups in total. The van der Waals surface area contributed by atoms with Gasteiger partial charge in [-0.15, -0.1) is 0 Å². The molecule has 0 radical (unpaired) electrons. The summed E-state index contributed by atoms with van der Waals surface area (Å²) < 4.78 is 0. The van der Waals surface area contributed by atoms with Crippen molar-refractivity contribution in [3.05, 3.63) is 0 Å². The molecular weight excluding hydrogens is 196 g/mol. The van der Waals surface area contributed by atoms with E-state index in [1.807, 2.05) is 27.7 Å². The Balaban J connectivity index is 2.74. The lowest BCUT2D eigenvalue weighted by atomic mass is 9.94. The van der Waals surface area contributed by atoms with Crippen LogP contribution in [0.1, 0.15) is 54.4 Å². The third kappa shape index (κ3) is 4.47. The van der Waals surface area contributed by atoms with E-state index < -0.39 is 5.79 Å². The predicted octanol–water partition coefficient (Wildman–Crippen LogP) is 2.97. The Morgan fingerprint density at radius 1 is 0.600 bits per heavy atom. The maximum absolute atomic E-state index is 5.35. The molecular formula is C11H22O4. The predicted molar refractivity (Wildman–Crippen MR) is 55.8 cm³/mol. The van der Waals surface area contributed by atoms with Crippen molar-refractivity contribution in [1.29, 1.82) is 0 Å². The van der Waals surface area contributed by atoms with Crippen LogP contribution in [0, 0.1) is 0 Å². The zero-order valence-corrected chi connectivity index (χ0v) is 10.5. The number of hydrogen-bond acceptors (Lipinski definition) is 4. The van der Waals surface area contributed by atoms with Gasteiger partial charge in [0.25, 0.3) is 0 Å². The van der Waals surface area contributed by atoms with Crippen LogP contribution in [0.4, 0.5) is 0 Å². The Kier molecular flexibility index (Phi) is 3.45. The van der Waals surface area contributed by atoms with Gasteiger partial charge in [0.1, 0.15) is 0 Å². The van der Waals surface area contributed by atoms with Gasteiger partial charge in [0.2, 0.25) is 5.79 Å². The minimum atomic E-state index is -0.890. The van der Waals surface area contributed by atoms with Crippen LogP contribution in [0.5, 0.6) is 0 Å². The van der Waals surface area contributed by atoms with Crippen LogP contribution in [-0.4, -0.2) is 17.0 Å². The summed E-state index contributed by atoms with van der Waals surface area (Å²) in [6, 6.07) is 0. The summed E-state index contributed by atoms with van der Waals surface area (Å²) in [6.45, 7) is 11.5. The smallest absolute Gasteiger partial charge is 0.228 e. The average molecular weight is 218 g/mol. The molecule has 0 amide bonds. The van der Waals surface area contributed by atoms with Gasteiger partial charge in [-0.25, -0.2) is 9.78 Å². The van der Waals surface area contributed by atoms with Crippen LogP contribution in [0.25, 0.3) is 0 Å². The van der Waals surface area contributed by atoms with Gasteiger partial charge in [0, 0.05) is 0 Å². The molecule has 90 valence electrons. The van der Waals surface area contributed by atoms with E-state index in [1.54, 1.807) is 13.8 Å². The van der Waals surface area contributed by atoms with Crippen LogP contribution in [0.15, 0.2) is 0 Å². The minimum Gasteiger partial charge on any atom is -0.228 e. The first kappa shape index (κ1) is 12.9. The van der Waals surface area contributed by atoms with E-state index in [-0.39, 0.29) is 11.2 Å². The van der Waals surface area contributed by atoms with E-state index in [4.69, 9.17) is 19.6 Å². The molecule has 0 atom stereocenters. The normalized spacial score (nSPS) is 30.0. The summed E-state index contributed by atoms with van der Waals surface area (Å²) in [7, 11) is 0. The fraction of sp³-hybridized carbons (Fsp3) is 1.00. The van der Waals surface area contributed by atoms with Crippen molar-refractivity contribution >= 4 is 0 Å². The molecule has 0 aromatic heterocycles. The summed E-state index contributed by atoms with van der Waals surface area (Å²) in [5.41, 5.74) is -0.656.